The number of benzene rings is 1. The average molecular weight is 260 g/mol. The molecule has 0 saturated carbocycles. The SMILES string of the molecule is NNC(c1cccc(C(F)(F)F)c1)C1CCOC1. The van der Waals surface area contributed by atoms with Gasteiger partial charge in [0.25, 0.3) is 0 Å². The zero-order chi connectivity index (χ0) is 13.2. The van der Waals surface area contributed by atoms with Crippen LogP contribution in [-0.2, 0) is 10.9 Å². The number of ether oxygens (including phenoxy) is 1. The minimum Gasteiger partial charge on any atom is -0.381 e. The molecule has 18 heavy (non-hydrogen) atoms. The van der Waals surface area contributed by atoms with E-state index in [1.54, 1.807) is 6.07 Å². The molecule has 2 unspecified atom stereocenters. The molecule has 0 spiro atoms. The number of nitrogens with two attached hydrogens (primary N) is 1. The molecule has 2 atom stereocenters. The van der Waals surface area contributed by atoms with Gasteiger partial charge in [-0.2, -0.15) is 13.2 Å². The Morgan fingerprint density at radius 1 is 1.39 bits per heavy atom. The fourth-order valence-electron chi connectivity index (χ4n) is 2.23. The van der Waals surface area contributed by atoms with Gasteiger partial charge in [0.2, 0.25) is 0 Å². The number of nitrogens with one attached hydrogen (secondary N) is 1. The minimum atomic E-state index is -4.33. The normalized spacial score (nSPS) is 22.1. The molecule has 3 nitrogen and oxygen atoms in total. The number of hydrogen-bond acceptors (Lipinski definition) is 3. The highest BCUT2D eigenvalue weighted by molar-refractivity contribution is 5.28. The summed E-state index contributed by atoms with van der Waals surface area (Å²) in [5.41, 5.74) is 2.48. The van der Waals surface area contributed by atoms with Crippen molar-refractivity contribution in [1.29, 1.82) is 0 Å². The van der Waals surface area contributed by atoms with Crippen LogP contribution in [0.25, 0.3) is 0 Å². The quantitative estimate of drug-likeness (QED) is 0.647. The number of hydrogen-bond donors (Lipinski definition) is 2. The van der Waals surface area contributed by atoms with E-state index >= 15 is 0 Å². The van der Waals surface area contributed by atoms with E-state index in [4.69, 9.17) is 10.6 Å². The van der Waals surface area contributed by atoms with Crippen molar-refractivity contribution >= 4 is 0 Å². The summed E-state index contributed by atoms with van der Waals surface area (Å²) in [6.07, 6.45) is -3.54. The first-order chi connectivity index (χ1) is 8.52. The maximum absolute atomic E-state index is 12.6. The number of rotatable bonds is 3. The number of hydrazine groups is 1. The molecule has 1 aromatic carbocycles. The molecule has 0 radical (unpaired) electrons. The first kappa shape index (κ1) is 13.3. The largest absolute Gasteiger partial charge is 0.416 e. The Morgan fingerprint density at radius 3 is 2.72 bits per heavy atom. The van der Waals surface area contributed by atoms with Gasteiger partial charge < -0.3 is 4.74 Å². The van der Waals surface area contributed by atoms with Crippen molar-refractivity contribution in [3.63, 3.8) is 0 Å². The molecule has 3 N–H and O–H groups in total. The maximum Gasteiger partial charge on any atom is 0.416 e. The van der Waals surface area contributed by atoms with Crippen LogP contribution in [0.5, 0.6) is 0 Å². The van der Waals surface area contributed by atoms with Gasteiger partial charge in [0.1, 0.15) is 0 Å². The molecule has 1 saturated heterocycles. The summed E-state index contributed by atoms with van der Waals surface area (Å²) in [6, 6.07) is 4.94. The molecule has 100 valence electrons. The van der Waals surface area contributed by atoms with Gasteiger partial charge in [0, 0.05) is 12.5 Å². The van der Waals surface area contributed by atoms with Gasteiger partial charge in [-0.3, -0.25) is 11.3 Å². The zero-order valence-electron chi connectivity index (χ0n) is 9.70. The standard InChI is InChI=1S/C12H15F3N2O/c13-12(14,15)10-3-1-2-8(6-10)11(17-16)9-4-5-18-7-9/h1-3,6,9,11,17H,4-5,7,16H2. The number of alkyl halides is 3. The lowest BCUT2D eigenvalue weighted by molar-refractivity contribution is -0.137. The lowest BCUT2D eigenvalue weighted by atomic mass is 9.92. The van der Waals surface area contributed by atoms with Gasteiger partial charge >= 0.3 is 6.18 Å². The summed E-state index contributed by atoms with van der Waals surface area (Å²) in [6.45, 7) is 1.15. The van der Waals surface area contributed by atoms with Crippen LogP contribution in [0, 0.1) is 5.92 Å². The Bertz CT molecular complexity index is 403. The summed E-state index contributed by atoms with van der Waals surface area (Å²) < 4.78 is 43.1. The zero-order valence-corrected chi connectivity index (χ0v) is 9.70. The van der Waals surface area contributed by atoms with E-state index < -0.39 is 11.7 Å². The van der Waals surface area contributed by atoms with Gasteiger partial charge in [-0.1, -0.05) is 12.1 Å². The third-order valence-corrected chi connectivity index (χ3v) is 3.19. The van der Waals surface area contributed by atoms with Crippen molar-refractivity contribution in [3.8, 4) is 0 Å². The monoisotopic (exact) mass is 260 g/mol. The van der Waals surface area contributed by atoms with E-state index in [9.17, 15) is 13.2 Å². The fraction of sp³-hybridized carbons (Fsp3) is 0.500. The molecule has 6 heteroatoms. The molecule has 0 aromatic heterocycles. The lowest BCUT2D eigenvalue weighted by Crippen LogP contribution is -2.34. The Labute approximate surface area is 103 Å². The minimum absolute atomic E-state index is 0.110. The highest BCUT2D eigenvalue weighted by Gasteiger charge is 2.32. The van der Waals surface area contributed by atoms with E-state index in [0.717, 1.165) is 18.6 Å². The summed E-state index contributed by atoms with van der Waals surface area (Å²) in [4.78, 5) is 0. The molecule has 1 aliphatic heterocycles. The summed E-state index contributed by atoms with van der Waals surface area (Å²) in [7, 11) is 0. The van der Waals surface area contributed by atoms with Crippen molar-refractivity contribution in [3.05, 3.63) is 35.4 Å². The molecular weight excluding hydrogens is 245 g/mol. The van der Waals surface area contributed by atoms with E-state index in [1.165, 1.54) is 6.07 Å². The van der Waals surface area contributed by atoms with Crippen molar-refractivity contribution in [2.45, 2.75) is 18.6 Å². The highest BCUT2D eigenvalue weighted by Crippen LogP contribution is 2.33. The Morgan fingerprint density at radius 2 is 2.17 bits per heavy atom. The van der Waals surface area contributed by atoms with Crippen LogP contribution >= 0.6 is 0 Å². The van der Waals surface area contributed by atoms with Gasteiger partial charge in [-0.25, -0.2) is 0 Å². The van der Waals surface area contributed by atoms with Crippen LogP contribution in [-0.4, -0.2) is 13.2 Å². The van der Waals surface area contributed by atoms with E-state index in [0.29, 0.717) is 18.8 Å². The van der Waals surface area contributed by atoms with Crippen LogP contribution < -0.4 is 11.3 Å². The molecule has 0 bridgehead atoms. The summed E-state index contributed by atoms with van der Waals surface area (Å²) in [5.74, 6) is 5.57. The molecule has 1 aromatic rings. The maximum atomic E-state index is 12.6. The summed E-state index contributed by atoms with van der Waals surface area (Å²) >= 11 is 0. The molecule has 0 aliphatic carbocycles. The first-order valence-electron chi connectivity index (χ1n) is 5.73. The molecule has 1 aliphatic rings. The topological polar surface area (TPSA) is 47.3 Å². The van der Waals surface area contributed by atoms with Crippen molar-refractivity contribution in [2.24, 2.45) is 11.8 Å². The predicted octanol–water partition coefficient (Wildman–Crippen LogP) is 2.25. The van der Waals surface area contributed by atoms with Crippen LogP contribution in [0.4, 0.5) is 13.2 Å². The van der Waals surface area contributed by atoms with Gasteiger partial charge in [0.05, 0.1) is 18.2 Å². The van der Waals surface area contributed by atoms with E-state index in [2.05, 4.69) is 5.43 Å². The summed E-state index contributed by atoms with van der Waals surface area (Å²) in [5, 5.41) is 0. The molecule has 0 amide bonds. The van der Waals surface area contributed by atoms with E-state index in [1.807, 2.05) is 0 Å². The fourth-order valence-corrected chi connectivity index (χ4v) is 2.23. The third-order valence-electron chi connectivity index (χ3n) is 3.19. The van der Waals surface area contributed by atoms with Crippen molar-refractivity contribution in [2.75, 3.05) is 13.2 Å². The van der Waals surface area contributed by atoms with E-state index in [-0.39, 0.29) is 12.0 Å². The first-order valence-corrected chi connectivity index (χ1v) is 5.73. The Balaban J connectivity index is 2.25. The third kappa shape index (κ3) is 2.82. The molecule has 1 fully saturated rings. The predicted molar refractivity (Wildman–Crippen MR) is 60.4 cm³/mol. The highest BCUT2D eigenvalue weighted by atomic mass is 19.4. The van der Waals surface area contributed by atoms with Crippen LogP contribution in [0.3, 0.4) is 0 Å². The second kappa shape index (κ2) is 5.26. The Kier molecular flexibility index (Phi) is 3.89. The van der Waals surface area contributed by atoms with Gasteiger partial charge in [-0.05, 0) is 24.1 Å². The average Bonchev–Trinajstić information content (AvgIpc) is 2.83. The molecular formula is C12H15F3N2O. The smallest absolute Gasteiger partial charge is 0.381 e. The molecule has 1 heterocycles. The lowest BCUT2D eigenvalue weighted by Gasteiger charge is -2.22. The van der Waals surface area contributed by atoms with Crippen LogP contribution in [0.15, 0.2) is 24.3 Å². The van der Waals surface area contributed by atoms with Crippen LogP contribution in [0.1, 0.15) is 23.6 Å². The van der Waals surface area contributed by atoms with Crippen molar-refractivity contribution in [1.82, 2.24) is 5.43 Å². The second-order valence-corrected chi connectivity index (χ2v) is 4.39. The van der Waals surface area contributed by atoms with Gasteiger partial charge in [0.15, 0.2) is 0 Å². The Hall–Kier alpha value is -1.11. The number of halogens is 3. The van der Waals surface area contributed by atoms with Gasteiger partial charge in [-0.15, -0.1) is 0 Å². The van der Waals surface area contributed by atoms with Crippen molar-refractivity contribution < 1.29 is 17.9 Å². The molecule has 2 rings (SSSR count). The van der Waals surface area contributed by atoms with Crippen LogP contribution in [0.2, 0.25) is 0 Å². The second-order valence-electron chi connectivity index (χ2n) is 4.39.